The Hall–Kier alpha value is -0.810. The first-order chi connectivity index (χ1) is 22.1. The molecule has 0 spiro atoms. The predicted molar refractivity (Wildman–Crippen MR) is 189 cm³/mol. The summed E-state index contributed by atoms with van der Waals surface area (Å²) in [6.45, 7) is 20.7. The fourth-order valence-electron chi connectivity index (χ4n) is 10.7. The van der Waals surface area contributed by atoms with E-state index in [2.05, 4.69) is 47.4 Å². The molecule has 4 aliphatic rings. The molecule has 0 amide bonds. The summed E-state index contributed by atoms with van der Waals surface area (Å²) in [5.74, 6) is 3.62. The molecule has 5 unspecified atom stereocenters. The third kappa shape index (κ3) is 9.45. The van der Waals surface area contributed by atoms with Gasteiger partial charge in [-0.15, -0.1) is 0 Å². The molecule has 0 heterocycles. The van der Waals surface area contributed by atoms with Crippen LogP contribution in [-0.2, 0) is 9.53 Å². The van der Waals surface area contributed by atoms with E-state index in [0.29, 0.717) is 48.1 Å². The van der Waals surface area contributed by atoms with Gasteiger partial charge in [-0.1, -0.05) is 20.8 Å². The number of fused-ring (bicyclic) bond motifs is 5. The van der Waals surface area contributed by atoms with Crippen molar-refractivity contribution < 1.29 is 14.6 Å². The molecule has 9 heteroatoms. The molecular formula is C37H72N6O3. The van der Waals surface area contributed by atoms with E-state index in [1.54, 1.807) is 0 Å². The van der Waals surface area contributed by atoms with Crippen molar-refractivity contribution in [2.75, 3.05) is 65.4 Å². The maximum Gasteiger partial charge on any atom is 0.306 e. The summed E-state index contributed by atoms with van der Waals surface area (Å²) >= 11 is 0. The number of aliphatic hydroxyl groups excluding tert-OH is 1. The molecule has 8 N–H and O–H groups in total. The highest BCUT2D eigenvalue weighted by molar-refractivity contribution is 5.69. The molecule has 0 saturated heterocycles. The first kappa shape index (κ1) is 38.0. The lowest BCUT2D eigenvalue weighted by molar-refractivity contribution is -0.170. The number of rotatable bonds is 20. The molecular weight excluding hydrogens is 576 g/mol. The molecule has 4 saturated carbocycles. The Labute approximate surface area is 281 Å². The van der Waals surface area contributed by atoms with E-state index in [1.165, 1.54) is 44.9 Å². The zero-order valence-corrected chi connectivity index (χ0v) is 30.2. The highest BCUT2D eigenvalue weighted by Crippen LogP contribution is 2.68. The maximum absolute atomic E-state index is 12.3. The Kier molecular flexibility index (Phi) is 15.1. The molecule has 0 aliphatic heterocycles. The van der Waals surface area contributed by atoms with Crippen LogP contribution in [-0.4, -0.2) is 94.8 Å². The van der Waals surface area contributed by atoms with Crippen molar-refractivity contribution in [2.24, 2.45) is 52.1 Å². The minimum Gasteiger partial charge on any atom is -0.463 e. The molecule has 4 rings (SSSR count). The van der Waals surface area contributed by atoms with Crippen LogP contribution in [0.1, 0.15) is 98.8 Å². The molecule has 0 aromatic carbocycles. The molecule has 46 heavy (non-hydrogen) atoms. The fraction of sp³-hybridized carbons (Fsp3) is 0.973. The van der Waals surface area contributed by atoms with E-state index in [9.17, 15) is 9.90 Å². The Morgan fingerprint density at radius 1 is 0.826 bits per heavy atom. The highest BCUT2D eigenvalue weighted by Gasteiger charge is 2.63. The van der Waals surface area contributed by atoms with Gasteiger partial charge in [0, 0.05) is 77.9 Å². The topological polar surface area (TPSA) is 133 Å². The van der Waals surface area contributed by atoms with E-state index in [1.807, 2.05) is 13.8 Å². The average Bonchev–Trinajstić information content (AvgIpc) is 3.39. The second-order valence-corrected chi connectivity index (χ2v) is 16.2. The number of aliphatic hydroxyl groups is 1. The monoisotopic (exact) mass is 649 g/mol. The van der Waals surface area contributed by atoms with Gasteiger partial charge in [0.15, 0.2) is 0 Å². The van der Waals surface area contributed by atoms with Crippen LogP contribution < -0.4 is 32.3 Å². The van der Waals surface area contributed by atoms with Crippen LogP contribution in [0.2, 0.25) is 0 Å². The van der Waals surface area contributed by atoms with Gasteiger partial charge in [0.1, 0.15) is 0 Å². The SMILES string of the molecule is CC(C)OC(=O)CC[C@@H](C)C1CCC2C3CCC4C[C@@H](NCCNCCNCCNCCNCCN)CC[C@]4(C)C3C[C@H](O)[C@@]21C. The van der Waals surface area contributed by atoms with Crippen LogP contribution in [0.4, 0.5) is 0 Å². The van der Waals surface area contributed by atoms with Crippen LogP contribution in [0.5, 0.6) is 0 Å². The Bertz CT molecular complexity index is 908. The summed E-state index contributed by atoms with van der Waals surface area (Å²) in [5, 5.41) is 29.7. The fourth-order valence-corrected chi connectivity index (χ4v) is 10.7. The van der Waals surface area contributed by atoms with E-state index in [0.717, 1.165) is 83.6 Å². The molecule has 0 bridgehead atoms. The van der Waals surface area contributed by atoms with Gasteiger partial charge >= 0.3 is 5.97 Å². The Balaban J connectivity index is 1.15. The van der Waals surface area contributed by atoms with E-state index >= 15 is 0 Å². The lowest BCUT2D eigenvalue weighted by Crippen LogP contribution is -2.59. The summed E-state index contributed by atoms with van der Waals surface area (Å²) in [5.41, 5.74) is 5.82. The quantitative estimate of drug-likeness (QED) is 0.0785. The first-order valence-electron chi connectivity index (χ1n) is 19.2. The van der Waals surface area contributed by atoms with Gasteiger partial charge in [-0.2, -0.15) is 0 Å². The van der Waals surface area contributed by atoms with Crippen LogP contribution in [0.15, 0.2) is 0 Å². The minimum atomic E-state index is -0.233. The third-order valence-corrected chi connectivity index (χ3v) is 13.2. The largest absolute Gasteiger partial charge is 0.463 e. The molecule has 268 valence electrons. The number of ether oxygens (including phenoxy) is 1. The molecule has 0 aromatic rings. The van der Waals surface area contributed by atoms with Crippen molar-refractivity contribution in [1.29, 1.82) is 0 Å². The molecule has 4 fully saturated rings. The van der Waals surface area contributed by atoms with Crippen molar-refractivity contribution in [3.8, 4) is 0 Å². The number of nitrogens with two attached hydrogens (primary N) is 1. The lowest BCUT2D eigenvalue weighted by Gasteiger charge is -2.62. The number of carbonyl (C=O) groups excluding carboxylic acids is 1. The second-order valence-electron chi connectivity index (χ2n) is 16.2. The van der Waals surface area contributed by atoms with Crippen molar-refractivity contribution in [1.82, 2.24) is 26.6 Å². The number of hydrogen-bond acceptors (Lipinski definition) is 9. The summed E-state index contributed by atoms with van der Waals surface area (Å²) in [7, 11) is 0. The van der Waals surface area contributed by atoms with E-state index in [4.69, 9.17) is 10.5 Å². The number of nitrogens with one attached hydrogen (secondary N) is 5. The van der Waals surface area contributed by atoms with Gasteiger partial charge in [0.05, 0.1) is 12.2 Å². The minimum absolute atomic E-state index is 0.0218. The van der Waals surface area contributed by atoms with Gasteiger partial charge in [-0.3, -0.25) is 4.79 Å². The molecule has 0 radical (unpaired) electrons. The van der Waals surface area contributed by atoms with Crippen molar-refractivity contribution in [2.45, 2.75) is 117 Å². The number of esters is 1. The van der Waals surface area contributed by atoms with E-state index in [-0.39, 0.29) is 23.6 Å². The maximum atomic E-state index is 12.3. The third-order valence-electron chi connectivity index (χ3n) is 13.2. The number of hydrogen-bond donors (Lipinski definition) is 7. The van der Waals surface area contributed by atoms with Gasteiger partial charge in [-0.25, -0.2) is 0 Å². The molecule has 4 aliphatic carbocycles. The van der Waals surface area contributed by atoms with E-state index < -0.39 is 0 Å². The average molecular weight is 649 g/mol. The summed E-state index contributed by atoms with van der Waals surface area (Å²) in [6.07, 6.45) is 11.0. The van der Waals surface area contributed by atoms with Crippen molar-refractivity contribution in [3.63, 3.8) is 0 Å². The second kappa shape index (κ2) is 18.3. The Morgan fingerprint density at radius 2 is 1.46 bits per heavy atom. The standard InChI is InChI=1S/C37H72N6O3/c1-26(2)46-35(45)11-6-27(3)31-9-10-32-30-8-7-28-24-29(12-13-36(28,4)33(30)25-34(44)37(31,32)5)43-23-22-42-21-20-41-19-18-40-17-16-39-15-14-38/h26-34,39-44H,6-25,38H2,1-5H3/t27-,28?,29+,30?,31?,32?,33?,34+,36+,37-/m1/s1. The molecule has 0 aromatic heterocycles. The summed E-state index contributed by atoms with van der Waals surface area (Å²) in [6, 6.07) is 0.623. The van der Waals surface area contributed by atoms with Crippen LogP contribution >= 0.6 is 0 Å². The first-order valence-corrected chi connectivity index (χ1v) is 19.2. The summed E-state index contributed by atoms with van der Waals surface area (Å²) < 4.78 is 5.42. The van der Waals surface area contributed by atoms with Gasteiger partial charge < -0.3 is 42.2 Å². The highest BCUT2D eigenvalue weighted by atomic mass is 16.5. The normalized spacial score (nSPS) is 36.2. The van der Waals surface area contributed by atoms with Gasteiger partial charge in [0.25, 0.3) is 0 Å². The van der Waals surface area contributed by atoms with Crippen molar-refractivity contribution in [3.05, 3.63) is 0 Å². The van der Waals surface area contributed by atoms with Crippen LogP contribution in [0.3, 0.4) is 0 Å². The lowest BCUT2D eigenvalue weighted by atomic mass is 9.43. The van der Waals surface area contributed by atoms with Crippen LogP contribution in [0.25, 0.3) is 0 Å². The zero-order valence-electron chi connectivity index (χ0n) is 30.2. The summed E-state index contributed by atoms with van der Waals surface area (Å²) in [4.78, 5) is 12.3. The zero-order chi connectivity index (χ0) is 33.2. The van der Waals surface area contributed by atoms with Crippen molar-refractivity contribution >= 4 is 5.97 Å². The Morgan fingerprint density at radius 3 is 2.09 bits per heavy atom. The van der Waals surface area contributed by atoms with Gasteiger partial charge in [0.2, 0.25) is 0 Å². The van der Waals surface area contributed by atoms with Crippen LogP contribution in [0, 0.1) is 46.3 Å². The number of carbonyl (C=O) groups is 1. The predicted octanol–water partition coefficient (Wildman–Crippen LogP) is 3.26. The molecule has 10 atom stereocenters. The van der Waals surface area contributed by atoms with Gasteiger partial charge in [-0.05, 0) is 118 Å². The molecule has 9 nitrogen and oxygen atoms in total. The smallest absolute Gasteiger partial charge is 0.306 e.